The lowest BCUT2D eigenvalue weighted by molar-refractivity contribution is 0.0734. The fraction of sp³-hybridized carbons (Fsp3) is 0. The van der Waals surface area contributed by atoms with Crippen molar-refractivity contribution in [3.05, 3.63) is 127 Å². The number of para-hydroxylation sites is 1. The molecule has 0 bridgehead atoms. The van der Waals surface area contributed by atoms with Crippen LogP contribution in [0.3, 0.4) is 0 Å². The van der Waals surface area contributed by atoms with Crippen LogP contribution in [0.15, 0.2) is 116 Å². The molecule has 5 rings (SSSR count). The van der Waals surface area contributed by atoms with Crippen molar-refractivity contribution in [1.29, 1.82) is 0 Å². The third-order valence-electron chi connectivity index (χ3n) is 5.35. The molecule has 1 heterocycles. The Morgan fingerprint density at radius 1 is 0.861 bits per heavy atom. The van der Waals surface area contributed by atoms with Crippen molar-refractivity contribution in [3.8, 4) is 17.1 Å². The number of carbonyl (C=O) groups is 1. The summed E-state index contributed by atoms with van der Waals surface area (Å²) in [5.74, 6) is 0.204. The van der Waals surface area contributed by atoms with Crippen LogP contribution >= 0.6 is 31.9 Å². The van der Waals surface area contributed by atoms with E-state index in [1.807, 2.05) is 36.4 Å². The Balaban J connectivity index is 1.60. The highest BCUT2D eigenvalue weighted by Gasteiger charge is 2.14. The highest BCUT2D eigenvalue weighted by molar-refractivity contribution is 9.10. The molecule has 0 saturated heterocycles. The monoisotopic (exact) mass is 601 g/mol. The van der Waals surface area contributed by atoms with Crippen molar-refractivity contribution in [1.82, 2.24) is 9.66 Å². The Labute approximate surface area is 223 Å². The lowest BCUT2D eigenvalue weighted by atomic mass is 10.2. The summed E-state index contributed by atoms with van der Waals surface area (Å²) >= 11 is 6.89. The van der Waals surface area contributed by atoms with Gasteiger partial charge in [-0.15, -0.1) is 0 Å². The Hall–Kier alpha value is -3.88. The zero-order valence-electron chi connectivity index (χ0n) is 18.6. The summed E-state index contributed by atoms with van der Waals surface area (Å²) < 4.78 is 8.57. The number of carbonyl (C=O) groups excluding carboxylic acids is 1. The summed E-state index contributed by atoms with van der Waals surface area (Å²) in [6.45, 7) is 0. The molecule has 5 aromatic rings. The normalized spacial score (nSPS) is 11.2. The molecular formula is C28H17Br2N3O3. The van der Waals surface area contributed by atoms with Crippen molar-refractivity contribution in [2.24, 2.45) is 5.10 Å². The highest BCUT2D eigenvalue weighted by atomic mass is 79.9. The van der Waals surface area contributed by atoms with E-state index >= 15 is 0 Å². The molecule has 0 spiro atoms. The third-order valence-corrected chi connectivity index (χ3v) is 6.37. The highest BCUT2D eigenvalue weighted by Crippen LogP contribution is 2.24. The predicted molar refractivity (Wildman–Crippen MR) is 148 cm³/mol. The lowest BCUT2D eigenvalue weighted by Crippen LogP contribution is -2.20. The number of aromatic nitrogens is 2. The summed E-state index contributed by atoms with van der Waals surface area (Å²) in [6, 6.07) is 28.5. The van der Waals surface area contributed by atoms with Gasteiger partial charge in [0.1, 0.15) is 5.75 Å². The molecule has 36 heavy (non-hydrogen) atoms. The van der Waals surface area contributed by atoms with Gasteiger partial charge < -0.3 is 4.74 Å². The van der Waals surface area contributed by atoms with Crippen LogP contribution in [0.1, 0.15) is 15.9 Å². The molecule has 0 N–H and O–H groups in total. The first-order chi connectivity index (χ1) is 17.5. The predicted octanol–water partition coefficient (Wildman–Crippen LogP) is 6.69. The zero-order valence-corrected chi connectivity index (χ0v) is 21.8. The van der Waals surface area contributed by atoms with E-state index in [1.54, 1.807) is 60.7 Å². The number of nitrogens with zero attached hydrogens (tertiary/aromatic N) is 3. The van der Waals surface area contributed by atoms with Gasteiger partial charge in [-0.25, -0.2) is 9.78 Å². The van der Waals surface area contributed by atoms with Crippen LogP contribution in [0.4, 0.5) is 0 Å². The van der Waals surface area contributed by atoms with Crippen LogP contribution in [0.2, 0.25) is 0 Å². The van der Waals surface area contributed by atoms with Crippen LogP contribution in [0, 0.1) is 0 Å². The average Bonchev–Trinajstić information content (AvgIpc) is 2.90. The molecule has 0 radical (unpaired) electrons. The molecule has 8 heteroatoms. The van der Waals surface area contributed by atoms with E-state index in [0.29, 0.717) is 33.6 Å². The molecule has 0 atom stereocenters. The molecule has 1 aromatic heterocycles. The fourth-order valence-electron chi connectivity index (χ4n) is 3.58. The Morgan fingerprint density at radius 3 is 2.33 bits per heavy atom. The quantitative estimate of drug-likeness (QED) is 0.128. The number of ether oxygens (including phenoxy) is 1. The van der Waals surface area contributed by atoms with Gasteiger partial charge in [0.2, 0.25) is 0 Å². The van der Waals surface area contributed by atoms with Gasteiger partial charge in [0.25, 0.3) is 5.56 Å². The minimum absolute atomic E-state index is 0.308. The zero-order chi connectivity index (χ0) is 25.1. The fourth-order valence-corrected chi connectivity index (χ4v) is 4.23. The maximum absolute atomic E-state index is 13.4. The maximum Gasteiger partial charge on any atom is 0.343 e. The van der Waals surface area contributed by atoms with Crippen molar-refractivity contribution < 1.29 is 9.53 Å². The minimum Gasteiger partial charge on any atom is -0.422 e. The summed E-state index contributed by atoms with van der Waals surface area (Å²) in [7, 11) is 0. The molecule has 0 saturated carbocycles. The van der Waals surface area contributed by atoms with Gasteiger partial charge in [-0.05, 0) is 54.6 Å². The van der Waals surface area contributed by atoms with Gasteiger partial charge in [-0.2, -0.15) is 9.78 Å². The van der Waals surface area contributed by atoms with Crippen LogP contribution in [0.5, 0.6) is 5.75 Å². The first-order valence-electron chi connectivity index (χ1n) is 10.9. The van der Waals surface area contributed by atoms with E-state index in [0.717, 1.165) is 14.5 Å². The van der Waals surface area contributed by atoms with E-state index in [1.165, 1.54) is 10.9 Å². The van der Waals surface area contributed by atoms with Crippen molar-refractivity contribution in [3.63, 3.8) is 0 Å². The first-order valence-corrected chi connectivity index (χ1v) is 12.5. The molecular weight excluding hydrogens is 586 g/mol. The van der Waals surface area contributed by atoms with Crippen molar-refractivity contribution in [2.75, 3.05) is 0 Å². The summed E-state index contributed by atoms with van der Waals surface area (Å²) in [5, 5.41) is 4.94. The van der Waals surface area contributed by atoms with Gasteiger partial charge in [0.15, 0.2) is 5.82 Å². The number of fused-ring (bicyclic) bond motifs is 1. The van der Waals surface area contributed by atoms with Gasteiger partial charge >= 0.3 is 5.97 Å². The number of rotatable bonds is 5. The summed E-state index contributed by atoms with van der Waals surface area (Å²) in [5.41, 5.74) is 1.92. The number of halogens is 2. The van der Waals surface area contributed by atoms with Crippen LogP contribution in [-0.4, -0.2) is 21.8 Å². The van der Waals surface area contributed by atoms with Crippen LogP contribution < -0.4 is 10.3 Å². The summed E-state index contributed by atoms with van der Waals surface area (Å²) in [4.78, 5) is 30.8. The molecule has 0 amide bonds. The van der Waals surface area contributed by atoms with Gasteiger partial charge in [-0.3, -0.25) is 4.79 Å². The number of hydrogen-bond acceptors (Lipinski definition) is 5. The lowest BCUT2D eigenvalue weighted by Gasteiger charge is -2.11. The van der Waals surface area contributed by atoms with E-state index in [2.05, 4.69) is 37.0 Å². The SMILES string of the molecule is O=C(Oc1ccc(Br)cc1C=Nn1c(-c2ccc(Br)cc2)nc2ccccc2c1=O)c1ccccc1. The van der Waals surface area contributed by atoms with Crippen LogP contribution in [0.25, 0.3) is 22.3 Å². The second-order valence-corrected chi connectivity index (χ2v) is 9.59. The topological polar surface area (TPSA) is 73.5 Å². The maximum atomic E-state index is 13.4. The molecule has 0 fully saturated rings. The minimum atomic E-state index is -0.493. The van der Waals surface area contributed by atoms with Crippen molar-refractivity contribution in [2.45, 2.75) is 0 Å². The van der Waals surface area contributed by atoms with E-state index in [9.17, 15) is 9.59 Å². The average molecular weight is 603 g/mol. The molecule has 4 aromatic carbocycles. The van der Waals surface area contributed by atoms with E-state index < -0.39 is 5.97 Å². The van der Waals surface area contributed by atoms with Gasteiger partial charge in [0.05, 0.1) is 22.7 Å². The molecule has 6 nitrogen and oxygen atoms in total. The number of esters is 1. The van der Waals surface area contributed by atoms with Gasteiger partial charge in [-0.1, -0.05) is 74.3 Å². The largest absolute Gasteiger partial charge is 0.422 e. The molecule has 0 aliphatic heterocycles. The van der Waals surface area contributed by atoms with Crippen LogP contribution in [-0.2, 0) is 0 Å². The molecule has 0 aliphatic carbocycles. The Morgan fingerprint density at radius 2 is 1.56 bits per heavy atom. The molecule has 0 aliphatic rings. The standard InChI is InChI=1S/C28H17Br2N3O3/c29-21-12-10-18(11-13-21)26-32-24-9-5-4-8-23(24)27(34)33(26)31-17-20-16-22(30)14-15-25(20)36-28(35)19-6-2-1-3-7-19/h1-17H. The Bertz CT molecular complexity index is 1660. The van der Waals surface area contributed by atoms with E-state index in [4.69, 9.17) is 9.72 Å². The van der Waals surface area contributed by atoms with Gasteiger partial charge in [0, 0.05) is 20.1 Å². The number of benzene rings is 4. The molecule has 0 unspecified atom stereocenters. The Kier molecular flexibility index (Phi) is 6.88. The first kappa shape index (κ1) is 23.8. The third kappa shape index (κ3) is 5.05. The summed E-state index contributed by atoms with van der Waals surface area (Å²) in [6.07, 6.45) is 1.48. The second kappa shape index (κ2) is 10.4. The van der Waals surface area contributed by atoms with E-state index in [-0.39, 0.29) is 5.56 Å². The number of hydrogen-bond donors (Lipinski definition) is 0. The smallest absolute Gasteiger partial charge is 0.343 e. The second-order valence-electron chi connectivity index (χ2n) is 7.76. The molecule has 176 valence electrons. The van der Waals surface area contributed by atoms with Crippen molar-refractivity contribution >= 4 is 54.9 Å².